The maximum absolute atomic E-state index is 7.78. The van der Waals surface area contributed by atoms with Crippen molar-refractivity contribution in [2.24, 2.45) is 0 Å². The number of nitrogens with zero attached hydrogens (tertiary/aromatic N) is 1. The lowest BCUT2D eigenvalue weighted by Crippen LogP contribution is -2.06. The van der Waals surface area contributed by atoms with Crippen LogP contribution in [0.2, 0.25) is 0 Å². The molecule has 0 aliphatic carbocycles. The van der Waals surface area contributed by atoms with Gasteiger partial charge in [0, 0.05) is 0 Å². The van der Waals surface area contributed by atoms with Crippen molar-refractivity contribution >= 4 is 11.8 Å². The van der Waals surface area contributed by atoms with Crippen LogP contribution < -0.4 is 4.74 Å². The largest absolute Gasteiger partial charge is 0.497 e. The predicted molar refractivity (Wildman–Crippen MR) is 76.2 cm³/mol. The van der Waals surface area contributed by atoms with E-state index in [0.29, 0.717) is 16.9 Å². The maximum Gasteiger partial charge on any atom is 0.253 e. The quantitative estimate of drug-likeness (QED) is 0.664. The van der Waals surface area contributed by atoms with E-state index in [1.165, 1.54) is 14.2 Å². The zero-order valence-corrected chi connectivity index (χ0v) is 11.9. The maximum atomic E-state index is 7.78. The fourth-order valence-corrected chi connectivity index (χ4v) is 1.81. The highest BCUT2D eigenvalue weighted by Crippen LogP contribution is 2.30. The average molecular weight is 289 g/mol. The number of ether oxygens (including phenoxy) is 3. The number of hydrogen-bond acceptors (Lipinski definition) is 7. The summed E-state index contributed by atoms with van der Waals surface area (Å²) in [5.74, 6) is 0.504. The monoisotopic (exact) mass is 289 g/mol. The van der Waals surface area contributed by atoms with Crippen LogP contribution in [0, 0.1) is 10.8 Å². The number of methoxy groups -OCH3 is 3. The molecule has 7 nitrogen and oxygen atoms in total. The van der Waals surface area contributed by atoms with E-state index in [-0.39, 0.29) is 23.2 Å². The van der Waals surface area contributed by atoms with Crippen LogP contribution in [-0.2, 0) is 9.47 Å². The van der Waals surface area contributed by atoms with Crippen LogP contribution in [0.5, 0.6) is 5.75 Å². The molecule has 110 valence electrons. The number of nitrogens with one attached hydrogen (secondary N) is 2. The molecular weight excluding hydrogens is 274 g/mol. The summed E-state index contributed by atoms with van der Waals surface area (Å²) < 4.78 is 20.0. The second-order valence-electron chi connectivity index (χ2n) is 4.03. The molecule has 0 saturated carbocycles. The molecule has 0 bridgehead atoms. The number of rotatable bonds is 4. The molecular formula is C14H15N3O4. The number of hydrogen-bond donors (Lipinski definition) is 2. The van der Waals surface area contributed by atoms with Crippen LogP contribution >= 0.6 is 0 Å². The van der Waals surface area contributed by atoms with Crippen molar-refractivity contribution in [1.82, 2.24) is 5.16 Å². The first-order valence-corrected chi connectivity index (χ1v) is 6.02. The van der Waals surface area contributed by atoms with Gasteiger partial charge in [-0.05, 0) is 17.7 Å². The summed E-state index contributed by atoms with van der Waals surface area (Å²) in [4.78, 5) is 0. The van der Waals surface area contributed by atoms with E-state index in [0.717, 1.165) is 0 Å². The van der Waals surface area contributed by atoms with Gasteiger partial charge < -0.3 is 18.7 Å². The lowest BCUT2D eigenvalue weighted by Gasteiger charge is -2.06. The summed E-state index contributed by atoms with van der Waals surface area (Å²) >= 11 is 0. The summed E-state index contributed by atoms with van der Waals surface area (Å²) in [5, 5.41) is 19.3. The second-order valence-corrected chi connectivity index (χ2v) is 4.03. The Morgan fingerprint density at radius 2 is 1.62 bits per heavy atom. The summed E-state index contributed by atoms with van der Waals surface area (Å²) in [7, 11) is 4.31. The van der Waals surface area contributed by atoms with Crippen LogP contribution in [0.3, 0.4) is 0 Å². The Morgan fingerprint density at radius 1 is 1.00 bits per heavy atom. The summed E-state index contributed by atoms with van der Waals surface area (Å²) in [6.07, 6.45) is 0. The first-order valence-electron chi connectivity index (χ1n) is 6.02. The Labute approximate surface area is 121 Å². The highest BCUT2D eigenvalue weighted by atomic mass is 16.5. The third-order valence-corrected chi connectivity index (χ3v) is 2.90. The van der Waals surface area contributed by atoms with Crippen LogP contribution in [0.15, 0.2) is 28.8 Å². The molecule has 1 heterocycles. The van der Waals surface area contributed by atoms with Gasteiger partial charge in [-0.3, -0.25) is 10.8 Å². The van der Waals surface area contributed by atoms with Gasteiger partial charge in [0.05, 0.1) is 26.9 Å². The minimum atomic E-state index is -0.177. The van der Waals surface area contributed by atoms with Crippen molar-refractivity contribution in [2.75, 3.05) is 21.3 Å². The molecule has 2 aromatic rings. The molecule has 0 aliphatic heterocycles. The zero-order valence-electron chi connectivity index (χ0n) is 11.9. The normalized spacial score (nSPS) is 10.0. The van der Waals surface area contributed by atoms with Crippen LogP contribution in [-0.4, -0.2) is 38.3 Å². The molecule has 0 aliphatic rings. The minimum Gasteiger partial charge on any atom is -0.497 e. The molecule has 0 unspecified atom stereocenters. The molecule has 0 radical (unpaired) electrons. The molecule has 0 amide bonds. The zero-order chi connectivity index (χ0) is 15.4. The molecule has 1 aromatic heterocycles. The van der Waals surface area contributed by atoms with Gasteiger partial charge in [-0.15, -0.1) is 0 Å². The van der Waals surface area contributed by atoms with Crippen molar-refractivity contribution < 1.29 is 18.7 Å². The van der Waals surface area contributed by atoms with E-state index in [1.54, 1.807) is 31.4 Å². The number of benzene rings is 1. The van der Waals surface area contributed by atoms with Gasteiger partial charge in [0.15, 0.2) is 5.69 Å². The van der Waals surface area contributed by atoms with E-state index < -0.39 is 0 Å². The van der Waals surface area contributed by atoms with E-state index in [2.05, 4.69) is 5.16 Å². The van der Waals surface area contributed by atoms with E-state index >= 15 is 0 Å². The fraction of sp³-hybridized carbons (Fsp3) is 0.214. The Hall–Kier alpha value is -2.83. The molecule has 2 rings (SSSR count). The topological polar surface area (TPSA) is 101 Å². The van der Waals surface area contributed by atoms with Crippen molar-refractivity contribution in [3.8, 4) is 16.9 Å². The standard InChI is InChI=1S/C14H15N3O4/c1-18-9-6-4-8(5-7-9)10-11(13(15)19-2)17-21-12(10)14(16)20-3/h4-7,15-16H,1-3H3. The predicted octanol–water partition coefficient (Wildman–Crippen LogP) is 2.29. The summed E-state index contributed by atoms with van der Waals surface area (Å²) in [6, 6.07) is 7.10. The Bertz CT molecular complexity index is 628. The van der Waals surface area contributed by atoms with Gasteiger partial charge in [0.1, 0.15) is 5.75 Å². The fourth-order valence-electron chi connectivity index (χ4n) is 1.81. The van der Waals surface area contributed by atoms with E-state index in [4.69, 9.17) is 29.6 Å². The van der Waals surface area contributed by atoms with Gasteiger partial charge in [0.25, 0.3) is 5.90 Å². The minimum absolute atomic E-state index is 0.138. The third kappa shape index (κ3) is 2.71. The Balaban J connectivity index is 2.59. The lowest BCUT2D eigenvalue weighted by molar-refractivity contribution is 0.352. The summed E-state index contributed by atoms with van der Waals surface area (Å²) in [5.41, 5.74) is 1.39. The molecule has 0 atom stereocenters. The molecule has 2 N–H and O–H groups in total. The van der Waals surface area contributed by atoms with Gasteiger partial charge in [-0.25, -0.2) is 0 Å². The molecule has 7 heteroatoms. The van der Waals surface area contributed by atoms with Crippen molar-refractivity contribution in [3.05, 3.63) is 35.7 Å². The van der Waals surface area contributed by atoms with Gasteiger partial charge in [0.2, 0.25) is 11.7 Å². The Morgan fingerprint density at radius 3 is 2.14 bits per heavy atom. The molecule has 0 fully saturated rings. The first-order chi connectivity index (χ1) is 10.1. The molecule has 0 saturated heterocycles. The highest BCUT2D eigenvalue weighted by molar-refractivity contribution is 6.04. The summed E-state index contributed by atoms with van der Waals surface area (Å²) in [6.45, 7) is 0. The molecule has 1 aromatic carbocycles. The van der Waals surface area contributed by atoms with E-state index in [9.17, 15) is 0 Å². The molecule has 0 spiro atoms. The number of aromatic nitrogens is 1. The van der Waals surface area contributed by atoms with E-state index in [1.807, 2.05) is 0 Å². The lowest BCUT2D eigenvalue weighted by atomic mass is 10.0. The molecule has 21 heavy (non-hydrogen) atoms. The highest BCUT2D eigenvalue weighted by Gasteiger charge is 2.25. The van der Waals surface area contributed by atoms with Crippen LogP contribution in [0.1, 0.15) is 11.5 Å². The Kier molecular flexibility index (Phi) is 4.22. The van der Waals surface area contributed by atoms with Gasteiger partial charge in [-0.1, -0.05) is 17.3 Å². The second kappa shape index (κ2) is 6.08. The van der Waals surface area contributed by atoms with Crippen LogP contribution in [0.25, 0.3) is 11.1 Å². The first kappa shape index (κ1) is 14.6. The third-order valence-electron chi connectivity index (χ3n) is 2.90. The SMILES string of the molecule is COC(=N)c1noc(C(=N)OC)c1-c1ccc(OC)cc1. The van der Waals surface area contributed by atoms with Crippen molar-refractivity contribution in [2.45, 2.75) is 0 Å². The van der Waals surface area contributed by atoms with Gasteiger partial charge in [-0.2, -0.15) is 0 Å². The van der Waals surface area contributed by atoms with Gasteiger partial charge >= 0.3 is 0 Å². The average Bonchev–Trinajstić information content (AvgIpc) is 2.98. The smallest absolute Gasteiger partial charge is 0.253 e. The van der Waals surface area contributed by atoms with Crippen molar-refractivity contribution in [3.63, 3.8) is 0 Å². The van der Waals surface area contributed by atoms with Crippen molar-refractivity contribution in [1.29, 1.82) is 10.8 Å². The van der Waals surface area contributed by atoms with Crippen LogP contribution in [0.4, 0.5) is 0 Å².